The highest BCUT2D eigenvalue weighted by molar-refractivity contribution is 7.89. The van der Waals surface area contributed by atoms with Gasteiger partial charge in [0.05, 0.1) is 18.2 Å². The third-order valence-electron chi connectivity index (χ3n) is 5.95. The number of piperidine rings is 1. The lowest BCUT2D eigenvalue weighted by Crippen LogP contribution is -2.43. The van der Waals surface area contributed by atoms with E-state index in [-0.39, 0.29) is 28.3 Å². The van der Waals surface area contributed by atoms with Crippen molar-refractivity contribution in [3.05, 3.63) is 52.9 Å². The zero-order valence-corrected chi connectivity index (χ0v) is 19.6. The van der Waals surface area contributed by atoms with Crippen LogP contribution in [0.1, 0.15) is 18.4 Å². The fourth-order valence-corrected chi connectivity index (χ4v) is 5.86. The summed E-state index contributed by atoms with van der Waals surface area (Å²) >= 11 is 5.80. The molecule has 2 aliphatic heterocycles. The van der Waals surface area contributed by atoms with E-state index < -0.39 is 15.8 Å². The summed E-state index contributed by atoms with van der Waals surface area (Å²) in [6.45, 7) is 2.68. The molecule has 11 heteroatoms. The summed E-state index contributed by atoms with van der Waals surface area (Å²) in [6.07, 6.45) is 2.73. The largest absolute Gasteiger partial charge is 0.379 e. The summed E-state index contributed by atoms with van der Waals surface area (Å²) in [7, 11) is -3.69. The Morgan fingerprint density at radius 3 is 2.61 bits per heavy atom. The van der Waals surface area contributed by atoms with Gasteiger partial charge < -0.3 is 15.0 Å². The number of nitrogens with one attached hydrogen (secondary N) is 1. The van der Waals surface area contributed by atoms with Crippen molar-refractivity contribution < 1.29 is 22.3 Å². The van der Waals surface area contributed by atoms with Crippen molar-refractivity contribution in [2.75, 3.05) is 44.3 Å². The van der Waals surface area contributed by atoms with Crippen LogP contribution in [-0.2, 0) is 26.1 Å². The van der Waals surface area contributed by atoms with Gasteiger partial charge in [-0.3, -0.25) is 4.79 Å². The number of sulfonamides is 1. The van der Waals surface area contributed by atoms with Crippen LogP contribution in [0, 0.1) is 11.7 Å². The molecule has 1 aromatic heterocycles. The standard InChI is InChI=1S/C22H26ClFN4O4S/c23-18-14-16(3-4-19(18)24)15-26-22(29)17-5-8-27(9-6-17)21-20(2-1-7-25-21)33(30,31)28-10-12-32-13-11-28/h1-4,7,14,17H,5-6,8-13,15H2,(H,26,29). The number of aromatic nitrogens is 1. The Labute approximate surface area is 197 Å². The third-order valence-corrected chi connectivity index (χ3v) is 8.16. The minimum Gasteiger partial charge on any atom is -0.379 e. The molecule has 178 valence electrons. The van der Waals surface area contributed by atoms with E-state index in [0.717, 1.165) is 5.56 Å². The lowest BCUT2D eigenvalue weighted by Gasteiger charge is -2.34. The van der Waals surface area contributed by atoms with Gasteiger partial charge in [0.2, 0.25) is 15.9 Å². The van der Waals surface area contributed by atoms with Crippen molar-refractivity contribution in [1.82, 2.24) is 14.6 Å². The monoisotopic (exact) mass is 496 g/mol. The van der Waals surface area contributed by atoms with E-state index >= 15 is 0 Å². The summed E-state index contributed by atoms with van der Waals surface area (Å²) in [4.78, 5) is 19.1. The van der Waals surface area contributed by atoms with Crippen molar-refractivity contribution in [2.24, 2.45) is 5.92 Å². The van der Waals surface area contributed by atoms with Gasteiger partial charge >= 0.3 is 0 Å². The van der Waals surface area contributed by atoms with Crippen LogP contribution in [0.15, 0.2) is 41.4 Å². The average molecular weight is 497 g/mol. The van der Waals surface area contributed by atoms with Crippen LogP contribution in [0.2, 0.25) is 5.02 Å². The van der Waals surface area contributed by atoms with Gasteiger partial charge in [0.1, 0.15) is 16.5 Å². The highest BCUT2D eigenvalue weighted by Crippen LogP contribution is 2.29. The quantitative estimate of drug-likeness (QED) is 0.660. The molecule has 0 bridgehead atoms. The number of hydrogen-bond acceptors (Lipinski definition) is 6. The fraction of sp³-hybridized carbons (Fsp3) is 0.455. The predicted octanol–water partition coefficient (Wildman–Crippen LogP) is 2.43. The summed E-state index contributed by atoms with van der Waals surface area (Å²) in [5.41, 5.74) is 0.721. The molecule has 2 aromatic rings. The number of rotatable bonds is 6. The van der Waals surface area contributed by atoms with Crippen molar-refractivity contribution in [1.29, 1.82) is 0 Å². The first-order chi connectivity index (χ1) is 15.9. The van der Waals surface area contributed by atoms with E-state index in [1.807, 2.05) is 4.90 Å². The molecule has 1 N–H and O–H groups in total. The molecular weight excluding hydrogens is 471 g/mol. The summed E-state index contributed by atoms with van der Waals surface area (Å²) < 4.78 is 46.4. The topological polar surface area (TPSA) is 91.8 Å². The maximum absolute atomic E-state index is 13.3. The summed E-state index contributed by atoms with van der Waals surface area (Å²) in [6, 6.07) is 7.56. The summed E-state index contributed by atoms with van der Waals surface area (Å²) in [5, 5.41) is 2.90. The van der Waals surface area contributed by atoms with Crippen LogP contribution in [-0.4, -0.2) is 63.0 Å². The predicted molar refractivity (Wildman–Crippen MR) is 122 cm³/mol. The van der Waals surface area contributed by atoms with E-state index in [1.54, 1.807) is 24.4 Å². The van der Waals surface area contributed by atoms with Crippen LogP contribution in [0.25, 0.3) is 0 Å². The normalized spacial score (nSPS) is 18.3. The molecule has 0 aliphatic carbocycles. The molecule has 0 spiro atoms. The molecule has 0 unspecified atom stereocenters. The van der Waals surface area contributed by atoms with Crippen LogP contribution in [0.4, 0.5) is 10.2 Å². The van der Waals surface area contributed by atoms with Gasteiger partial charge in [-0.1, -0.05) is 17.7 Å². The third kappa shape index (κ3) is 5.46. The van der Waals surface area contributed by atoms with Crippen LogP contribution >= 0.6 is 11.6 Å². The number of pyridine rings is 1. The number of carbonyl (C=O) groups is 1. The van der Waals surface area contributed by atoms with Crippen LogP contribution in [0.3, 0.4) is 0 Å². The van der Waals surface area contributed by atoms with Gasteiger partial charge in [0.15, 0.2) is 0 Å². The molecular formula is C22H26ClFN4O4S. The molecule has 8 nitrogen and oxygen atoms in total. The van der Waals surface area contributed by atoms with Gasteiger partial charge in [-0.25, -0.2) is 17.8 Å². The molecule has 33 heavy (non-hydrogen) atoms. The first-order valence-corrected chi connectivity index (χ1v) is 12.7. The van der Waals surface area contributed by atoms with Crippen molar-refractivity contribution in [3.63, 3.8) is 0 Å². The maximum atomic E-state index is 13.3. The Bertz CT molecular complexity index is 1100. The minimum absolute atomic E-state index is 0.0215. The van der Waals surface area contributed by atoms with E-state index in [9.17, 15) is 17.6 Å². The second-order valence-corrected chi connectivity index (χ2v) is 10.4. The first-order valence-electron chi connectivity index (χ1n) is 10.9. The molecule has 2 fully saturated rings. The number of nitrogens with zero attached hydrogens (tertiary/aromatic N) is 3. The van der Waals surface area contributed by atoms with Gasteiger partial charge in [-0.2, -0.15) is 4.31 Å². The smallest absolute Gasteiger partial charge is 0.246 e. The molecule has 1 aromatic carbocycles. The zero-order chi connectivity index (χ0) is 23.4. The number of ether oxygens (including phenoxy) is 1. The molecule has 0 radical (unpaired) electrons. The number of amides is 1. The second-order valence-electron chi connectivity index (χ2n) is 8.07. The number of carbonyl (C=O) groups excluding carboxylic acids is 1. The molecule has 3 heterocycles. The highest BCUT2D eigenvalue weighted by atomic mass is 35.5. The molecule has 4 rings (SSSR count). The maximum Gasteiger partial charge on any atom is 0.246 e. The Kier molecular flexibility index (Phi) is 7.48. The van der Waals surface area contributed by atoms with Gasteiger partial charge in [0, 0.05) is 44.8 Å². The van der Waals surface area contributed by atoms with Gasteiger partial charge in [0.25, 0.3) is 0 Å². The molecule has 2 saturated heterocycles. The zero-order valence-electron chi connectivity index (χ0n) is 18.0. The van der Waals surface area contributed by atoms with Crippen molar-refractivity contribution in [2.45, 2.75) is 24.3 Å². The average Bonchev–Trinajstić information content (AvgIpc) is 2.85. The molecule has 1 amide bonds. The van der Waals surface area contributed by atoms with Crippen molar-refractivity contribution in [3.8, 4) is 0 Å². The van der Waals surface area contributed by atoms with E-state index in [1.165, 1.54) is 16.4 Å². The Morgan fingerprint density at radius 1 is 1.18 bits per heavy atom. The SMILES string of the molecule is O=C(NCc1ccc(F)c(Cl)c1)C1CCN(c2ncccc2S(=O)(=O)N2CCOCC2)CC1. The van der Waals surface area contributed by atoms with Gasteiger partial charge in [-0.05, 0) is 42.7 Å². The number of hydrogen-bond donors (Lipinski definition) is 1. The van der Waals surface area contributed by atoms with Crippen LogP contribution in [0.5, 0.6) is 0 Å². The Balaban J connectivity index is 1.38. The Morgan fingerprint density at radius 2 is 1.91 bits per heavy atom. The Hall–Kier alpha value is -2.27. The number of anilines is 1. The highest BCUT2D eigenvalue weighted by Gasteiger charge is 2.33. The number of benzene rings is 1. The first kappa shape index (κ1) is 23.9. The fourth-order valence-electron chi connectivity index (χ4n) is 4.08. The molecule has 0 atom stereocenters. The van der Waals surface area contributed by atoms with Crippen molar-refractivity contribution >= 4 is 33.3 Å². The molecule has 2 aliphatic rings. The lowest BCUT2D eigenvalue weighted by atomic mass is 9.96. The van der Waals surface area contributed by atoms with Gasteiger partial charge in [-0.15, -0.1) is 0 Å². The summed E-state index contributed by atoms with van der Waals surface area (Å²) in [5.74, 6) is -0.357. The second kappa shape index (κ2) is 10.3. The van der Waals surface area contributed by atoms with E-state index in [2.05, 4.69) is 10.3 Å². The van der Waals surface area contributed by atoms with E-state index in [0.29, 0.717) is 58.1 Å². The number of halogens is 2. The minimum atomic E-state index is -3.69. The van der Waals surface area contributed by atoms with Crippen LogP contribution < -0.4 is 10.2 Å². The van der Waals surface area contributed by atoms with E-state index in [4.69, 9.17) is 16.3 Å². The number of morpholine rings is 1. The lowest BCUT2D eigenvalue weighted by molar-refractivity contribution is -0.125. The molecule has 0 saturated carbocycles.